The van der Waals surface area contributed by atoms with E-state index in [1.165, 1.54) is 141 Å². The molecule has 0 bridgehead atoms. The molecule has 0 rings (SSSR count). The van der Waals surface area contributed by atoms with E-state index in [9.17, 15) is 14.3 Å². The molecule has 0 radical (unpaired) electrons. The second-order valence-corrected chi connectivity index (χ2v) is 17.8. The molecule has 2 atom stereocenters. The standard InChI is InChI=1S/C45H88NO7P/c1-6-8-10-12-14-16-18-20-22-23-24-25-27-29-31-33-35-37-40-50-42-44(43-52-54(48,49)51-41-39-46(3,4)5)53-45(47)38-36-34-32-30-28-26-21-19-17-15-13-11-9-7-2/h14,16,20,22,44H,6-13,15,17-19,21,23-43H2,1-5H3/b16-14-,22-20-. The molecule has 0 spiro atoms. The molecule has 0 amide bonds. The molecule has 0 aliphatic carbocycles. The number of ether oxygens (including phenoxy) is 2. The molecule has 9 heteroatoms. The average molecular weight is 786 g/mol. The van der Waals surface area contributed by atoms with Gasteiger partial charge in [0.1, 0.15) is 19.3 Å². The van der Waals surface area contributed by atoms with E-state index in [2.05, 4.69) is 38.2 Å². The van der Waals surface area contributed by atoms with Crippen molar-refractivity contribution in [3.05, 3.63) is 24.3 Å². The van der Waals surface area contributed by atoms with Crippen LogP contribution in [0, 0.1) is 0 Å². The number of nitrogens with zero attached hydrogens (tertiary/aromatic N) is 1. The molecular weight excluding hydrogens is 697 g/mol. The Bertz CT molecular complexity index is 920. The minimum absolute atomic E-state index is 0.0268. The van der Waals surface area contributed by atoms with E-state index in [-0.39, 0.29) is 25.8 Å². The van der Waals surface area contributed by atoms with Crippen LogP contribution in [0.5, 0.6) is 0 Å². The van der Waals surface area contributed by atoms with E-state index in [1.54, 1.807) is 0 Å². The molecule has 0 aliphatic heterocycles. The Hall–Kier alpha value is -1.02. The van der Waals surface area contributed by atoms with Gasteiger partial charge in [0.25, 0.3) is 7.82 Å². The first kappa shape index (κ1) is 53.0. The first-order chi connectivity index (χ1) is 26.1. The fraction of sp³-hybridized carbons (Fsp3) is 0.889. The van der Waals surface area contributed by atoms with Crippen LogP contribution in [0.4, 0.5) is 0 Å². The van der Waals surface area contributed by atoms with Crippen LogP contribution in [-0.4, -0.2) is 70.7 Å². The summed E-state index contributed by atoms with van der Waals surface area (Å²) in [6.07, 6.45) is 43.2. The van der Waals surface area contributed by atoms with Crippen LogP contribution in [0.25, 0.3) is 0 Å². The number of carbonyl (C=O) groups excluding carboxylic acids is 1. The van der Waals surface area contributed by atoms with Crippen molar-refractivity contribution < 1.29 is 37.3 Å². The third-order valence-electron chi connectivity index (χ3n) is 9.76. The van der Waals surface area contributed by atoms with Gasteiger partial charge in [0.05, 0.1) is 34.4 Å². The van der Waals surface area contributed by atoms with Gasteiger partial charge >= 0.3 is 5.97 Å². The lowest BCUT2D eigenvalue weighted by Crippen LogP contribution is -2.37. The number of phosphoric acid groups is 1. The number of phosphoric ester groups is 1. The van der Waals surface area contributed by atoms with Crippen molar-refractivity contribution in [2.45, 2.75) is 206 Å². The lowest BCUT2D eigenvalue weighted by atomic mass is 10.0. The molecule has 0 heterocycles. The highest BCUT2D eigenvalue weighted by molar-refractivity contribution is 7.45. The molecule has 54 heavy (non-hydrogen) atoms. The number of carbonyl (C=O) groups is 1. The van der Waals surface area contributed by atoms with Gasteiger partial charge in [0.15, 0.2) is 0 Å². The molecule has 0 fully saturated rings. The van der Waals surface area contributed by atoms with Gasteiger partial charge < -0.3 is 27.9 Å². The van der Waals surface area contributed by atoms with Crippen molar-refractivity contribution in [1.29, 1.82) is 0 Å². The predicted octanol–water partition coefficient (Wildman–Crippen LogP) is 12.6. The van der Waals surface area contributed by atoms with E-state index in [4.69, 9.17) is 18.5 Å². The van der Waals surface area contributed by atoms with Crippen molar-refractivity contribution in [3.63, 3.8) is 0 Å². The molecule has 0 aromatic rings. The number of hydrogen-bond donors (Lipinski definition) is 0. The number of esters is 1. The summed E-state index contributed by atoms with van der Waals surface area (Å²) in [7, 11) is 1.36. The lowest BCUT2D eigenvalue weighted by Gasteiger charge is -2.28. The summed E-state index contributed by atoms with van der Waals surface area (Å²) >= 11 is 0. The highest BCUT2D eigenvalue weighted by Crippen LogP contribution is 2.38. The number of hydrogen-bond acceptors (Lipinski definition) is 7. The fourth-order valence-electron chi connectivity index (χ4n) is 6.22. The van der Waals surface area contributed by atoms with Crippen LogP contribution in [0.1, 0.15) is 200 Å². The molecule has 0 N–H and O–H groups in total. The van der Waals surface area contributed by atoms with Crippen molar-refractivity contribution in [2.75, 3.05) is 54.1 Å². The summed E-state index contributed by atoms with van der Waals surface area (Å²) in [5.74, 6) is -0.334. The number of likely N-dealkylation sites (N-methyl/N-ethyl adjacent to an activating group) is 1. The largest absolute Gasteiger partial charge is 0.756 e. The maximum atomic E-state index is 12.7. The number of allylic oxidation sites excluding steroid dienone is 4. The quantitative estimate of drug-likeness (QED) is 0.0200. The summed E-state index contributed by atoms with van der Waals surface area (Å²) in [4.78, 5) is 25.0. The molecule has 0 saturated heterocycles. The van der Waals surface area contributed by atoms with Crippen LogP contribution in [0.15, 0.2) is 24.3 Å². The Morgan fingerprint density at radius 2 is 1.02 bits per heavy atom. The molecule has 0 aromatic heterocycles. The minimum Gasteiger partial charge on any atom is -0.756 e. The third-order valence-corrected chi connectivity index (χ3v) is 10.7. The molecular formula is C45H88NO7P. The second-order valence-electron chi connectivity index (χ2n) is 16.4. The summed E-state index contributed by atoms with van der Waals surface area (Å²) in [6, 6.07) is 0. The van der Waals surface area contributed by atoms with Crippen LogP contribution in [-0.2, 0) is 27.9 Å². The average Bonchev–Trinajstić information content (AvgIpc) is 3.12. The molecule has 0 saturated carbocycles. The van der Waals surface area contributed by atoms with Gasteiger partial charge in [-0.3, -0.25) is 9.36 Å². The summed E-state index contributed by atoms with van der Waals surface area (Å²) in [5.41, 5.74) is 0. The van der Waals surface area contributed by atoms with E-state index < -0.39 is 13.9 Å². The van der Waals surface area contributed by atoms with Gasteiger partial charge in [-0.2, -0.15) is 0 Å². The Morgan fingerprint density at radius 1 is 0.574 bits per heavy atom. The summed E-state index contributed by atoms with van der Waals surface area (Å²) in [6.45, 7) is 5.40. The number of rotatable bonds is 42. The lowest BCUT2D eigenvalue weighted by molar-refractivity contribution is -0.870. The van der Waals surface area contributed by atoms with Gasteiger partial charge in [-0.1, -0.05) is 173 Å². The number of unbranched alkanes of at least 4 members (excludes halogenated alkanes) is 24. The van der Waals surface area contributed by atoms with E-state index in [0.29, 0.717) is 24.1 Å². The second kappa shape index (κ2) is 38.8. The zero-order valence-electron chi connectivity index (χ0n) is 36.2. The Balaban J connectivity index is 4.20. The maximum Gasteiger partial charge on any atom is 0.306 e. The fourth-order valence-corrected chi connectivity index (χ4v) is 6.95. The Morgan fingerprint density at radius 3 is 1.54 bits per heavy atom. The molecule has 0 aliphatic rings. The van der Waals surface area contributed by atoms with Crippen molar-refractivity contribution in [3.8, 4) is 0 Å². The van der Waals surface area contributed by atoms with Crippen LogP contribution < -0.4 is 4.89 Å². The van der Waals surface area contributed by atoms with Crippen molar-refractivity contribution in [1.82, 2.24) is 0 Å². The molecule has 2 unspecified atom stereocenters. The van der Waals surface area contributed by atoms with Crippen LogP contribution in [0.3, 0.4) is 0 Å². The zero-order chi connectivity index (χ0) is 39.9. The van der Waals surface area contributed by atoms with E-state index >= 15 is 0 Å². The van der Waals surface area contributed by atoms with Crippen molar-refractivity contribution >= 4 is 13.8 Å². The highest BCUT2D eigenvalue weighted by atomic mass is 31.2. The highest BCUT2D eigenvalue weighted by Gasteiger charge is 2.20. The summed E-state index contributed by atoms with van der Waals surface area (Å²) in [5, 5.41) is 0. The van der Waals surface area contributed by atoms with Crippen LogP contribution in [0.2, 0.25) is 0 Å². The molecule has 320 valence electrons. The Labute approximate surface area is 334 Å². The summed E-state index contributed by atoms with van der Waals surface area (Å²) < 4.78 is 34.6. The topological polar surface area (TPSA) is 94.1 Å². The van der Waals surface area contributed by atoms with Crippen LogP contribution >= 0.6 is 7.82 Å². The Kier molecular flexibility index (Phi) is 38.1. The van der Waals surface area contributed by atoms with Gasteiger partial charge in [-0.25, -0.2) is 0 Å². The van der Waals surface area contributed by atoms with Gasteiger partial charge in [0, 0.05) is 13.0 Å². The predicted molar refractivity (Wildman–Crippen MR) is 227 cm³/mol. The minimum atomic E-state index is -4.52. The van der Waals surface area contributed by atoms with Gasteiger partial charge in [-0.15, -0.1) is 0 Å². The molecule has 0 aromatic carbocycles. The first-order valence-corrected chi connectivity index (χ1v) is 24.0. The first-order valence-electron chi connectivity index (χ1n) is 22.6. The number of quaternary nitrogens is 1. The van der Waals surface area contributed by atoms with E-state index in [1.807, 2.05) is 21.1 Å². The SMILES string of the molecule is CCCCC/C=C\C/C=C\CCCCCCCCCCOCC(COP(=O)([O-])OCC[N+](C)(C)C)OC(=O)CCCCCCCCCCCCCCCC. The smallest absolute Gasteiger partial charge is 0.306 e. The van der Waals surface area contributed by atoms with Gasteiger partial charge in [0.2, 0.25) is 0 Å². The zero-order valence-corrected chi connectivity index (χ0v) is 37.1. The van der Waals surface area contributed by atoms with E-state index in [0.717, 1.165) is 38.5 Å². The molecule has 8 nitrogen and oxygen atoms in total. The third kappa shape index (κ3) is 42.1. The monoisotopic (exact) mass is 786 g/mol. The van der Waals surface area contributed by atoms with Gasteiger partial charge in [-0.05, 0) is 44.9 Å². The maximum absolute atomic E-state index is 12.7. The van der Waals surface area contributed by atoms with Crippen molar-refractivity contribution in [2.24, 2.45) is 0 Å². The normalized spacial score (nSPS) is 14.0.